The smallest absolute Gasteiger partial charge is 0.0391 e. The summed E-state index contributed by atoms with van der Waals surface area (Å²) in [4.78, 5) is 2.48. The molecule has 2 heteroatoms. The van der Waals surface area contributed by atoms with Crippen LogP contribution in [0.3, 0.4) is 0 Å². The minimum absolute atomic E-state index is 0.653. The van der Waals surface area contributed by atoms with Gasteiger partial charge in [-0.1, -0.05) is 0 Å². The number of rotatable bonds is 1. The molecule has 0 bridgehead atoms. The van der Waals surface area contributed by atoms with Gasteiger partial charge in [-0.15, -0.1) is 0 Å². The van der Waals surface area contributed by atoms with Gasteiger partial charge in [0.2, 0.25) is 0 Å². The third-order valence-electron chi connectivity index (χ3n) is 3.22. The van der Waals surface area contributed by atoms with Crippen LogP contribution in [-0.4, -0.2) is 12.6 Å². The van der Waals surface area contributed by atoms with Gasteiger partial charge in [-0.2, -0.15) is 0 Å². The zero-order valence-corrected chi connectivity index (χ0v) is 9.66. The van der Waals surface area contributed by atoms with Crippen LogP contribution >= 0.6 is 0 Å². The fourth-order valence-corrected chi connectivity index (χ4v) is 2.44. The van der Waals surface area contributed by atoms with E-state index in [1.807, 2.05) is 6.07 Å². The lowest BCUT2D eigenvalue weighted by atomic mass is 10.0. The van der Waals surface area contributed by atoms with Crippen molar-refractivity contribution in [2.75, 3.05) is 17.2 Å². The second-order valence-corrected chi connectivity index (χ2v) is 4.64. The van der Waals surface area contributed by atoms with Crippen LogP contribution in [-0.2, 0) is 0 Å². The van der Waals surface area contributed by atoms with Crippen LogP contribution in [0.2, 0.25) is 0 Å². The standard InChI is InChI=1S/C13H20N2/c1-10-7-12(14)9-13(8-10)15-6-4-3-5-11(15)2/h7-9,11H,3-6,14H2,1-2H3. The molecule has 2 nitrogen and oxygen atoms in total. The highest BCUT2D eigenvalue weighted by molar-refractivity contribution is 5.59. The van der Waals surface area contributed by atoms with Crippen LogP contribution in [0.1, 0.15) is 31.7 Å². The third kappa shape index (κ3) is 2.25. The van der Waals surface area contributed by atoms with E-state index in [0.717, 1.165) is 5.69 Å². The molecule has 2 N–H and O–H groups in total. The van der Waals surface area contributed by atoms with Gasteiger partial charge in [0, 0.05) is 24.0 Å². The Morgan fingerprint density at radius 2 is 2.07 bits per heavy atom. The summed E-state index contributed by atoms with van der Waals surface area (Å²) in [6.45, 7) is 5.58. The van der Waals surface area contributed by atoms with Crippen molar-refractivity contribution in [2.45, 2.75) is 39.2 Å². The molecule has 0 aromatic heterocycles. The van der Waals surface area contributed by atoms with Crippen LogP contribution in [0.25, 0.3) is 0 Å². The summed E-state index contributed by atoms with van der Waals surface area (Å²) in [7, 11) is 0. The Balaban J connectivity index is 2.27. The van der Waals surface area contributed by atoms with Gasteiger partial charge in [-0.3, -0.25) is 0 Å². The summed E-state index contributed by atoms with van der Waals surface area (Å²) < 4.78 is 0. The van der Waals surface area contributed by atoms with Gasteiger partial charge in [-0.05, 0) is 56.9 Å². The van der Waals surface area contributed by atoms with E-state index in [1.165, 1.54) is 37.1 Å². The molecule has 1 aromatic carbocycles. The first-order valence-electron chi connectivity index (χ1n) is 5.80. The monoisotopic (exact) mass is 204 g/mol. The van der Waals surface area contributed by atoms with Gasteiger partial charge < -0.3 is 10.6 Å². The molecule has 1 atom stereocenters. The number of piperidine rings is 1. The summed E-state index contributed by atoms with van der Waals surface area (Å²) in [5, 5.41) is 0. The lowest BCUT2D eigenvalue weighted by molar-refractivity contribution is 0.485. The molecule has 1 heterocycles. The predicted molar refractivity (Wildman–Crippen MR) is 66.3 cm³/mol. The average Bonchev–Trinajstić information content (AvgIpc) is 2.16. The molecule has 0 spiro atoms. The van der Waals surface area contributed by atoms with Crippen molar-refractivity contribution < 1.29 is 0 Å². The molecule has 2 rings (SSSR count). The molecule has 1 saturated heterocycles. The Labute approximate surface area is 92.1 Å². The topological polar surface area (TPSA) is 29.3 Å². The number of benzene rings is 1. The minimum atomic E-state index is 0.653. The zero-order chi connectivity index (χ0) is 10.8. The maximum absolute atomic E-state index is 5.88. The number of hydrogen-bond acceptors (Lipinski definition) is 2. The summed E-state index contributed by atoms with van der Waals surface area (Å²) in [5.74, 6) is 0. The van der Waals surface area contributed by atoms with Gasteiger partial charge >= 0.3 is 0 Å². The van der Waals surface area contributed by atoms with Crippen LogP contribution in [0.5, 0.6) is 0 Å². The average molecular weight is 204 g/mol. The van der Waals surface area contributed by atoms with E-state index in [-0.39, 0.29) is 0 Å². The Bertz CT molecular complexity index is 326. The molecule has 1 unspecified atom stereocenters. The predicted octanol–water partition coefficient (Wildman–Crippen LogP) is 2.96. The second-order valence-electron chi connectivity index (χ2n) is 4.64. The highest BCUT2D eigenvalue weighted by Gasteiger charge is 2.18. The van der Waals surface area contributed by atoms with Crippen LogP contribution in [0, 0.1) is 6.92 Å². The van der Waals surface area contributed by atoms with E-state index in [4.69, 9.17) is 5.73 Å². The Hall–Kier alpha value is -1.18. The lowest BCUT2D eigenvalue weighted by Crippen LogP contribution is -2.37. The van der Waals surface area contributed by atoms with Crippen molar-refractivity contribution in [1.29, 1.82) is 0 Å². The van der Waals surface area contributed by atoms with Gasteiger partial charge in [0.1, 0.15) is 0 Å². The molecule has 1 aromatic rings. The van der Waals surface area contributed by atoms with Crippen molar-refractivity contribution in [3.8, 4) is 0 Å². The van der Waals surface area contributed by atoms with E-state index in [9.17, 15) is 0 Å². The maximum atomic E-state index is 5.88. The number of hydrogen-bond donors (Lipinski definition) is 1. The SMILES string of the molecule is Cc1cc(N)cc(N2CCCCC2C)c1. The van der Waals surface area contributed by atoms with Crippen molar-refractivity contribution in [3.63, 3.8) is 0 Å². The molecule has 1 aliphatic rings. The second kappa shape index (κ2) is 4.13. The molecule has 1 aliphatic heterocycles. The van der Waals surface area contributed by atoms with Crippen LogP contribution in [0.15, 0.2) is 18.2 Å². The van der Waals surface area contributed by atoms with Crippen molar-refractivity contribution in [3.05, 3.63) is 23.8 Å². The van der Waals surface area contributed by atoms with E-state index < -0.39 is 0 Å². The quantitative estimate of drug-likeness (QED) is 0.713. The van der Waals surface area contributed by atoms with Gasteiger partial charge in [0.25, 0.3) is 0 Å². The van der Waals surface area contributed by atoms with E-state index in [1.54, 1.807) is 0 Å². The largest absolute Gasteiger partial charge is 0.399 e. The molecule has 15 heavy (non-hydrogen) atoms. The molecule has 1 fully saturated rings. The summed E-state index contributed by atoms with van der Waals surface area (Å²) in [6, 6.07) is 7.01. The molecule has 0 amide bonds. The van der Waals surface area contributed by atoms with Gasteiger partial charge in [-0.25, -0.2) is 0 Å². The van der Waals surface area contributed by atoms with Crippen LogP contribution < -0.4 is 10.6 Å². The maximum Gasteiger partial charge on any atom is 0.0391 e. The molecule has 82 valence electrons. The van der Waals surface area contributed by atoms with Gasteiger partial charge in [0.05, 0.1) is 0 Å². The van der Waals surface area contributed by atoms with Crippen LogP contribution in [0.4, 0.5) is 11.4 Å². The Morgan fingerprint density at radius 1 is 1.27 bits per heavy atom. The molecular formula is C13H20N2. The number of anilines is 2. The Kier molecular flexibility index (Phi) is 2.85. The number of nitrogens with two attached hydrogens (primary N) is 1. The third-order valence-corrected chi connectivity index (χ3v) is 3.22. The van der Waals surface area contributed by atoms with Crippen molar-refractivity contribution in [2.24, 2.45) is 0 Å². The lowest BCUT2D eigenvalue weighted by Gasteiger charge is -2.35. The Morgan fingerprint density at radius 3 is 2.73 bits per heavy atom. The highest BCUT2D eigenvalue weighted by atomic mass is 15.2. The molecular weight excluding hydrogens is 184 g/mol. The first kappa shape index (κ1) is 10.3. The number of nitrogen functional groups attached to an aromatic ring is 1. The summed E-state index contributed by atoms with van der Waals surface area (Å²) in [5.41, 5.74) is 9.31. The molecule has 0 radical (unpaired) electrons. The minimum Gasteiger partial charge on any atom is -0.399 e. The molecule has 0 saturated carbocycles. The van der Waals surface area contributed by atoms with E-state index in [0.29, 0.717) is 6.04 Å². The van der Waals surface area contributed by atoms with E-state index >= 15 is 0 Å². The van der Waals surface area contributed by atoms with E-state index in [2.05, 4.69) is 30.9 Å². The first-order valence-corrected chi connectivity index (χ1v) is 5.80. The number of nitrogens with zero attached hydrogens (tertiary/aromatic N) is 1. The molecule has 0 aliphatic carbocycles. The summed E-state index contributed by atoms with van der Waals surface area (Å²) >= 11 is 0. The fraction of sp³-hybridized carbons (Fsp3) is 0.538. The van der Waals surface area contributed by atoms with Crippen molar-refractivity contribution in [1.82, 2.24) is 0 Å². The van der Waals surface area contributed by atoms with Gasteiger partial charge in [0.15, 0.2) is 0 Å². The highest BCUT2D eigenvalue weighted by Crippen LogP contribution is 2.27. The first-order chi connectivity index (χ1) is 7.16. The fourth-order valence-electron chi connectivity index (χ4n) is 2.44. The number of aryl methyl sites for hydroxylation is 1. The van der Waals surface area contributed by atoms with Crippen molar-refractivity contribution >= 4 is 11.4 Å². The summed E-state index contributed by atoms with van der Waals surface area (Å²) in [6.07, 6.45) is 3.96. The zero-order valence-electron chi connectivity index (χ0n) is 9.66. The normalized spacial score (nSPS) is 21.7.